The van der Waals surface area contributed by atoms with Crippen LogP contribution in [0.3, 0.4) is 0 Å². The number of aliphatic hydroxyl groups is 1. The Balaban J connectivity index is 1.22. The lowest BCUT2D eigenvalue weighted by Crippen LogP contribution is -2.55. The van der Waals surface area contributed by atoms with Gasteiger partial charge in [0.05, 0.1) is 18.1 Å². The highest BCUT2D eigenvalue weighted by Crippen LogP contribution is 2.46. The first-order valence-electron chi connectivity index (χ1n) is 17.5. The number of amides is 3. The van der Waals surface area contributed by atoms with Gasteiger partial charge in [-0.05, 0) is 90.4 Å². The van der Waals surface area contributed by atoms with Gasteiger partial charge in [-0.2, -0.15) is 0 Å². The van der Waals surface area contributed by atoms with E-state index >= 15 is 0 Å². The Morgan fingerprint density at radius 2 is 1.45 bits per heavy atom. The Bertz CT molecular complexity index is 1860. The normalized spacial score (nSPS) is 17.0. The van der Waals surface area contributed by atoms with Crippen molar-refractivity contribution in [1.82, 2.24) is 10.6 Å². The number of aliphatic hydroxyl groups excluding tert-OH is 1. The largest absolute Gasteiger partial charge is 0.484 e. The topological polar surface area (TPSA) is 145 Å². The molecule has 1 heterocycles. The zero-order valence-corrected chi connectivity index (χ0v) is 29.5. The van der Waals surface area contributed by atoms with E-state index < -0.39 is 66.2 Å². The van der Waals surface area contributed by atoms with Gasteiger partial charge >= 0.3 is 5.97 Å². The first-order chi connectivity index (χ1) is 25.4. The fourth-order valence-electron chi connectivity index (χ4n) is 6.46. The van der Waals surface area contributed by atoms with E-state index in [-0.39, 0.29) is 31.1 Å². The molecule has 5 atom stereocenters. The SMILES string of the molecule is CC(C)C[C@@H](NC(=O)COc1ccc(C2C(CCC(O)c3ccc(F)cc3)C(=O)N2c2ccc(F)cc2)cc1)C(=O)N[C@H](Cc1ccccc1)C(=O)O. The van der Waals surface area contributed by atoms with Gasteiger partial charge < -0.3 is 30.5 Å². The third-order valence-corrected chi connectivity index (χ3v) is 9.17. The van der Waals surface area contributed by atoms with Crippen LogP contribution < -0.4 is 20.3 Å². The van der Waals surface area contributed by atoms with E-state index in [0.29, 0.717) is 23.4 Å². The Morgan fingerprint density at radius 1 is 0.830 bits per heavy atom. The minimum atomic E-state index is -1.19. The summed E-state index contributed by atoms with van der Waals surface area (Å²) >= 11 is 0. The van der Waals surface area contributed by atoms with E-state index in [1.165, 1.54) is 48.5 Å². The number of carboxylic acid groups (broad SMARTS) is 1. The average molecular weight is 728 g/mol. The quantitative estimate of drug-likeness (QED) is 0.0991. The van der Waals surface area contributed by atoms with Gasteiger partial charge in [-0.1, -0.05) is 68.4 Å². The second-order valence-corrected chi connectivity index (χ2v) is 13.6. The van der Waals surface area contributed by atoms with E-state index in [2.05, 4.69) is 10.6 Å². The molecule has 3 unspecified atom stereocenters. The van der Waals surface area contributed by atoms with Crippen LogP contribution in [0.4, 0.5) is 14.5 Å². The summed E-state index contributed by atoms with van der Waals surface area (Å²) in [6, 6.07) is 24.3. The number of nitrogens with zero attached hydrogens (tertiary/aromatic N) is 1. The number of aliphatic carboxylic acids is 1. The van der Waals surface area contributed by atoms with Crippen LogP contribution >= 0.6 is 0 Å². The van der Waals surface area contributed by atoms with Crippen molar-refractivity contribution in [1.29, 1.82) is 0 Å². The number of carbonyl (C=O) groups excluding carboxylic acids is 3. The first kappa shape index (κ1) is 38.6. The highest BCUT2D eigenvalue weighted by molar-refractivity contribution is 6.03. The molecule has 4 N–H and O–H groups in total. The number of anilines is 1. The number of nitrogens with one attached hydrogen (secondary N) is 2. The molecule has 1 saturated heterocycles. The lowest BCUT2D eigenvalue weighted by molar-refractivity contribution is -0.142. The third kappa shape index (κ3) is 10.3. The van der Waals surface area contributed by atoms with Crippen molar-refractivity contribution < 1.29 is 42.9 Å². The minimum Gasteiger partial charge on any atom is -0.484 e. The van der Waals surface area contributed by atoms with Gasteiger partial charge in [0, 0.05) is 12.1 Å². The van der Waals surface area contributed by atoms with E-state index in [4.69, 9.17) is 4.74 Å². The van der Waals surface area contributed by atoms with Crippen molar-refractivity contribution in [2.75, 3.05) is 11.5 Å². The Morgan fingerprint density at radius 3 is 2.06 bits per heavy atom. The molecule has 12 heteroatoms. The fourth-order valence-corrected chi connectivity index (χ4v) is 6.46. The summed E-state index contributed by atoms with van der Waals surface area (Å²) in [5.41, 5.74) is 2.55. The number of β-lactam (4-membered cyclic amide) rings is 1. The molecular weight excluding hydrogens is 684 g/mol. The van der Waals surface area contributed by atoms with Crippen LogP contribution in [0, 0.1) is 23.5 Å². The van der Waals surface area contributed by atoms with Gasteiger partial charge in [0.1, 0.15) is 29.5 Å². The number of hydrogen-bond acceptors (Lipinski definition) is 6. The number of carboxylic acids is 1. The maximum Gasteiger partial charge on any atom is 0.326 e. The molecule has 10 nitrogen and oxygen atoms in total. The maximum absolute atomic E-state index is 13.7. The van der Waals surface area contributed by atoms with Crippen LogP contribution in [0.2, 0.25) is 0 Å². The van der Waals surface area contributed by atoms with Crippen molar-refractivity contribution in [3.63, 3.8) is 0 Å². The monoisotopic (exact) mass is 727 g/mol. The second-order valence-electron chi connectivity index (χ2n) is 13.6. The molecule has 5 rings (SSSR count). The molecule has 0 aliphatic carbocycles. The predicted octanol–water partition coefficient (Wildman–Crippen LogP) is 5.90. The van der Waals surface area contributed by atoms with Crippen LogP contribution in [-0.4, -0.2) is 52.6 Å². The minimum absolute atomic E-state index is 0.0137. The van der Waals surface area contributed by atoms with Crippen molar-refractivity contribution in [2.45, 2.75) is 63.8 Å². The molecule has 1 aliphatic rings. The third-order valence-electron chi connectivity index (χ3n) is 9.17. The summed E-state index contributed by atoms with van der Waals surface area (Å²) in [5.74, 6) is -3.54. The second kappa shape index (κ2) is 17.7. The van der Waals surface area contributed by atoms with E-state index in [1.807, 2.05) is 19.9 Å². The standard InChI is InChI=1S/C41H43F2N3O7/c1-25(2)22-34(39(49)45-35(41(51)52)23-26-6-4-3-5-7-26)44-37(48)24-53-32-18-10-28(11-19-32)38-33(20-21-36(47)27-8-12-29(42)13-9-27)40(50)46(38)31-16-14-30(43)15-17-31/h3-19,25,33-36,38,47H,20-24H2,1-2H3,(H,44,48)(H,45,49)(H,51,52)/t33?,34-,35-,36?,38?/m1/s1. The molecule has 0 aromatic heterocycles. The Hall–Kier alpha value is -5.62. The summed E-state index contributed by atoms with van der Waals surface area (Å²) in [7, 11) is 0. The fraction of sp³-hybridized carbons (Fsp3) is 0.317. The lowest BCUT2D eigenvalue weighted by Gasteiger charge is -2.48. The molecule has 1 fully saturated rings. The molecule has 53 heavy (non-hydrogen) atoms. The van der Waals surface area contributed by atoms with Gasteiger partial charge in [-0.25, -0.2) is 13.6 Å². The van der Waals surface area contributed by atoms with Crippen molar-refractivity contribution in [2.24, 2.45) is 11.8 Å². The molecule has 0 radical (unpaired) electrons. The van der Waals surface area contributed by atoms with Crippen LogP contribution in [0.25, 0.3) is 0 Å². The molecule has 0 spiro atoms. The van der Waals surface area contributed by atoms with Crippen molar-refractivity contribution in [3.05, 3.63) is 131 Å². The summed E-state index contributed by atoms with van der Waals surface area (Å²) < 4.78 is 32.8. The van der Waals surface area contributed by atoms with Crippen molar-refractivity contribution in [3.8, 4) is 5.75 Å². The molecule has 278 valence electrons. The van der Waals surface area contributed by atoms with E-state index in [1.54, 1.807) is 53.4 Å². The molecular formula is C41H43F2N3O7. The number of hydrogen-bond donors (Lipinski definition) is 4. The summed E-state index contributed by atoms with van der Waals surface area (Å²) in [6.45, 7) is 3.35. The van der Waals surface area contributed by atoms with Crippen LogP contribution in [-0.2, 0) is 25.6 Å². The number of benzene rings is 4. The van der Waals surface area contributed by atoms with Crippen LogP contribution in [0.15, 0.2) is 103 Å². The van der Waals surface area contributed by atoms with E-state index in [0.717, 1.165) is 11.1 Å². The summed E-state index contributed by atoms with van der Waals surface area (Å²) in [6.07, 6.45) is 0.0503. The molecule has 0 saturated carbocycles. The number of halogens is 2. The van der Waals surface area contributed by atoms with Crippen LogP contribution in [0.1, 0.15) is 61.9 Å². The zero-order chi connectivity index (χ0) is 38.1. The maximum atomic E-state index is 13.7. The number of ether oxygens (including phenoxy) is 1. The smallest absolute Gasteiger partial charge is 0.326 e. The molecule has 4 aromatic rings. The Kier molecular flexibility index (Phi) is 12.9. The average Bonchev–Trinajstić information content (AvgIpc) is 3.14. The van der Waals surface area contributed by atoms with E-state index in [9.17, 15) is 38.2 Å². The molecule has 1 aliphatic heterocycles. The molecule has 0 bridgehead atoms. The first-order valence-corrected chi connectivity index (χ1v) is 17.5. The summed E-state index contributed by atoms with van der Waals surface area (Å²) in [4.78, 5) is 53.1. The lowest BCUT2D eigenvalue weighted by atomic mass is 9.78. The number of rotatable bonds is 17. The zero-order valence-electron chi connectivity index (χ0n) is 29.5. The van der Waals surface area contributed by atoms with Gasteiger partial charge in [0.15, 0.2) is 6.61 Å². The van der Waals surface area contributed by atoms with Crippen LogP contribution in [0.5, 0.6) is 5.75 Å². The van der Waals surface area contributed by atoms with Gasteiger partial charge in [0.25, 0.3) is 5.91 Å². The molecule has 3 amide bonds. The molecule has 4 aromatic carbocycles. The van der Waals surface area contributed by atoms with Crippen molar-refractivity contribution >= 4 is 29.4 Å². The van der Waals surface area contributed by atoms with Gasteiger partial charge in [-0.15, -0.1) is 0 Å². The van der Waals surface area contributed by atoms with Gasteiger partial charge in [0.2, 0.25) is 11.8 Å². The Labute approximate surface area is 306 Å². The summed E-state index contributed by atoms with van der Waals surface area (Å²) in [5, 5.41) is 25.7. The highest BCUT2D eigenvalue weighted by atomic mass is 19.1. The number of carbonyl (C=O) groups is 4. The predicted molar refractivity (Wildman–Crippen MR) is 194 cm³/mol. The highest BCUT2D eigenvalue weighted by Gasteiger charge is 2.48. The van der Waals surface area contributed by atoms with Gasteiger partial charge in [-0.3, -0.25) is 14.4 Å².